The van der Waals surface area contributed by atoms with Crippen molar-refractivity contribution in [1.29, 1.82) is 0 Å². The average molecular weight is 224 g/mol. The molecule has 3 nitrogen and oxygen atoms in total. The minimum absolute atomic E-state index is 0.548. The summed E-state index contributed by atoms with van der Waals surface area (Å²) in [5.41, 5.74) is 9.78. The molecule has 2 aromatic heterocycles. The molecule has 0 radical (unpaired) electrons. The Hall–Kier alpha value is -2.29. The highest BCUT2D eigenvalue weighted by Crippen LogP contribution is 2.26. The van der Waals surface area contributed by atoms with Crippen molar-refractivity contribution in [1.82, 2.24) is 4.98 Å². The first-order valence-corrected chi connectivity index (χ1v) is 5.44. The van der Waals surface area contributed by atoms with Crippen molar-refractivity contribution in [2.24, 2.45) is 0 Å². The van der Waals surface area contributed by atoms with E-state index in [0.29, 0.717) is 5.82 Å². The molecule has 84 valence electrons. The van der Waals surface area contributed by atoms with Gasteiger partial charge in [0.2, 0.25) is 0 Å². The van der Waals surface area contributed by atoms with Crippen molar-refractivity contribution in [3.05, 3.63) is 48.4 Å². The van der Waals surface area contributed by atoms with Gasteiger partial charge in [0.05, 0.1) is 6.26 Å². The molecule has 3 aromatic rings. The minimum atomic E-state index is 0.548. The first-order valence-electron chi connectivity index (χ1n) is 5.44. The molecule has 0 spiro atoms. The topological polar surface area (TPSA) is 52.0 Å². The van der Waals surface area contributed by atoms with Gasteiger partial charge in [0, 0.05) is 11.1 Å². The summed E-state index contributed by atoms with van der Waals surface area (Å²) in [7, 11) is 0. The van der Waals surface area contributed by atoms with E-state index in [1.165, 1.54) is 0 Å². The number of aromatic nitrogens is 1. The molecule has 0 bridgehead atoms. The van der Waals surface area contributed by atoms with Crippen molar-refractivity contribution in [2.75, 3.05) is 5.73 Å². The Bertz CT molecular complexity index is 665. The Morgan fingerprint density at radius 1 is 1.06 bits per heavy atom. The number of benzene rings is 1. The normalized spacial score (nSPS) is 10.9. The molecule has 3 heteroatoms. The highest BCUT2D eigenvalue weighted by atomic mass is 16.3. The minimum Gasteiger partial charge on any atom is -0.464 e. The van der Waals surface area contributed by atoms with E-state index in [9.17, 15) is 0 Å². The maximum absolute atomic E-state index is 5.76. The van der Waals surface area contributed by atoms with Gasteiger partial charge in [-0.15, -0.1) is 0 Å². The van der Waals surface area contributed by atoms with Crippen molar-refractivity contribution in [3.63, 3.8) is 0 Å². The molecule has 0 saturated heterocycles. The lowest BCUT2D eigenvalue weighted by Crippen LogP contribution is -1.93. The molecule has 0 atom stereocenters. The number of nitrogens with two attached hydrogens (primary N) is 1. The van der Waals surface area contributed by atoms with Gasteiger partial charge >= 0.3 is 0 Å². The molecule has 2 heterocycles. The van der Waals surface area contributed by atoms with Crippen LogP contribution in [0.2, 0.25) is 0 Å². The number of furan rings is 1. The van der Waals surface area contributed by atoms with E-state index in [2.05, 4.69) is 11.1 Å². The Morgan fingerprint density at radius 2 is 1.94 bits per heavy atom. The summed E-state index contributed by atoms with van der Waals surface area (Å²) in [5, 5.41) is 1.09. The molecule has 0 aliphatic heterocycles. The Kier molecular flexibility index (Phi) is 2.11. The van der Waals surface area contributed by atoms with Gasteiger partial charge in [0.15, 0.2) is 0 Å². The summed E-state index contributed by atoms with van der Waals surface area (Å²) < 4.78 is 5.32. The summed E-state index contributed by atoms with van der Waals surface area (Å²) in [5.74, 6) is 0.548. The second-order valence-electron chi connectivity index (χ2n) is 4.10. The highest BCUT2D eigenvalue weighted by molar-refractivity contribution is 5.83. The van der Waals surface area contributed by atoms with Crippen LogP contribution in [-0.2, 0) is 0 Å². The number of hydrogen-bond donors (Lipinski definition) is 1. The fourth-order valence-electron chi connectivity index (χ4n) is 2.01. The van der Waals surface area contributed by atoms with E-state index < -0.39 is 0 Å². The van der Waals surface area contributed by atoms with E-state index in [0.717, 1.165) is 27.8 Å². The van der Waals surface area contributed by atoms with E-state index in [-0.39, 0.29) is 0 Å². The molecule has 0 aliphatic rings. The Balaban J connectivity index is 2.19. The van der Waals surface area contributed by atoms with Crippen LogP contribution in [0.25, 0.3) is 22.1 Å². The third-order valence-electron chi connectivity index (χ3n) is 2.76. The SMILES string of the molecule is Cc1cc(-c2ccc3occc3c2)cc(N)n1. The number of aryl methyl sites for hydroxylation is 1. The number of nitrogens with zero attached hydrogens (tertiary/aromatic N) is 1. The zero-order valence-electron chi connectivity index (χ0n) is 9.47. The van der Waals surface area contributed by atoms with E-state index >= 15 is 0 Å². The lowest BCUT2D eigenvalue weighted by molar-refractivity contribution is 0.616. The quantitative estimate of drug-likeness (QED) is 0.689. The largest absolute Gasteiger partial charge is 0.464 e. The number of fused-ring (bicyclic) bond motifs is 1. The molecule has 1 aromatic carbocycles. The van der Waals surface area contributed by atoms with Crippen LogP contribution in [0.3, 0.4) is 0 Å². The summed E-state index contributed by atoms with van der Waals surface area (Å²) in [6.07, 6.45) is 1.70. The van der Waals surface area contributed by atoms with Crippen LogP contribution in [0.15, 0.2) is 47.1 Å². The van der Waals surface area contributed by atoms with E-state index in [1.54, 1.807) is 6.26 Å². The fraction of sp³-hybridized carbons (Fsp3) is 0.0714. The molecule has 0 saturated carbocycles. The number of anilines is 1. The zero-order valence-corrected chi connectivity index (χ0v) is 9.47. The van der Waals surface area contributed by atoms with Crippen LogP contribution < -0.4 is 5.73 Å². The first kappa shape index (κ1) is 9.90. The Morgan fingerprint density at radius 3 is 2.76 bits per heavy atom. The van der Waals surface area contributed by atoms with Crippen LogP contribution >= 0.6 is 0 Å². The average Bonchev–Trinajstić information content (AvgIpc) is 2.74. The van der Waals surface area contributed by atoms with Gasteiger partial charge in [0.25, 0.3) is 0 Å². The second-order valence-corrected chi connectivity index (χ2v) is 4.10. The molecule has 0 aliphatic carbocycles. The molecule has 0 amide bonds. The van der Waals surface area contributed by atoms with Gasteiger partial charge in [-0.1, -0.05) is 6.07 Å². The second kappa shape index (κ2) is 3.63. The molecular formula is C14H12N2O. The lowest BCUT2D eigenvalue weighted by Gasteiger charge is -2.04. The molecule has 2 N–H and O–H groups in total. The maximum Gasteiger partial charge on any atom is 0.133 e. The number of rotatable bonds is 1. The third-order valence-corrected chi connectivity index (χ3v) is 2.76. The van der Waals surface area contributed by atoms with Gasteiger partial charge in [-0.3, -0.25) is 0 Å². The van der Waals surface area contributed by atoms with Crippen molar-refractivity contribution in [2.45, 2.75) is 6.92 Å². The van der Waals surface area contributed by atoms with Crippen molar-refractivity contribution >= 4 is 16.8 Å². The summed E-state index contributed by atoms with van der Waals surface area (Å²) in [6, 6.07) is 12.0. The third kappa shape index (κ3) is 1.76. The smallest absolute Gasteiger partial charge is 0.133 e. The van der Waals surface area contributed by atoms with Gasteiger partial charge < -0.3 is 10.2 Å². The van der Waals surface area contributed by atoms with Crippen LogP contribution in [0.5, 0.6) is 0 Å². The van der Waals surface area contributed by atoms with Crippen LogP contribution in [-0.4, -0.2) is 4.98 Å². The van der Waals surface area contributed by atoms with Crippen molar-refractivity contribution < 1.29 is 4.42 Å². The maximum atomic E-state index is 5.76. The molecule has 3 rings (SSSR count). The molecular weight excluding hydrogens is 212 g/mol. The van der Waals surface area contributed by atoms with Gasteiger partial charge in [0.1, 0.15) is 11.4 Å². The summed E-state index contributed by atoms with van der Waals surface area (Å²) >= 11 is 0. The predicted molar refractivity (Wildman–Crippen MR) is 68.6 cm³/mol. The summed E-state index contributed by atoms with van der Waals surface area (Å²) in [4.78, 5) is 4.17. The number of nitrogen functional groups attached to an aromatic ring is 1. The standard InChI is InChI=1S/C14H12N2O/c1-9-6-12(8-14(15)16-9)10-2-3-13-11(7-10)4-5-17-13/h2-8H,1H3,(H2,15,16). The Labute approximate surface area is 98.9 Å². The van der Waals surface area contributed by atoms with Crippen LogP contribution in [0.4, 0.5) is 5.82 Å². The monoisotopic (exact) mass is 224 g/mol. The highest BCUT2D eigenvalue weighted by Gasteiger charge is 2.03. The lowest BCUT2D eigenvalue weighted by atomic mass is 10.0. The first-order chi connectivity index (χ1) is 8.22. The molecule has 0 fully saturated rings. The number of hydrogen-bond acceptors (Lipinski definition) is 3. The molecule has 17 heavy (non-hydrogen) atoms. The van der Waals surface area contributed by atoms with Gasteiger partial charge in [-0.25, -0.2) is 4.98 Å². The fourth-order valence-corrected chi connectivity index (χ4v) is 2.01. The van der Waals surface area contributed by atoms with Gasteiger partial charge in [-0.2, -0.15) is 0 Å². The van der Waals surface area contributed by atoms with E-state index in [1.807, 2.05) is 37.3 Å². The molecule has 0 unspecified atom stereocenters. The van der Waals surface area contributed by atoms with Gasteiger partial charge in [-0.05, 0) is 48.4 Å². The zero-order chi connectivity index (χ0) is 11.8. The number of pyridine rings is 1. The van der Waals surface area contributed by atoms with Crippen LogP contribution in [0, 0.1) is 6.92 Å². The van der Waals surface area contributed by atoms with Crippen molar-refractivity contribution in [3.8, 4) is 11.1 Å². The van der Waals surface area contributed by atoms with Crippen LogP contribution in [0.1, 0.15) is 5.69 Å². The predicted octanol–water partition coefficient (Wildman–Crippen LogP) is 3.39. The summed E-state index contributed by atoms with van der Waals surface area (Å²) in [6.45, 7) is 1.94. The van der Waals surface area contributed by atoms with E-state index in [4.69, 9.17) is 10.2 Å².